The number of benzene rings is 2. The molecule has 2 aromatic carbocycles. The second-order valence-corrected chi connectivity index (χ2v) is 11.3. The Hall–Kier alpha value is -2.80. The molecular weight excluding hydrogens is 563 g/mol. The average Bonchev–Trinajstić information content (AvgIpc) is 3.25. The molecule has 0 fully saturated rings. The van der Waals surface area contributed by atoms with Crippen LogP contribution in [-0.2, 0) is 36.2 Å². The molecule has 39 heavy (non-hydrogen) atoms. The summed E-state index contributed by atoms with van der Waals surface area (Å²) in [5.41, 5.74) is 1.91. The first-order chi connectivity index (χ1) is 17.9. The molecule has 0 saturated carbocycles. The maximum Gasteiger partial charge on any atom is 1.00 e. The number of imidazole rings is 1. The van der Waals surface area contributed by atoms with Crippen LogP contribution in [0.4, 0.5) is 8.78 Å². The van der Waals surface area contributed by atoms with Crippen molar-refractivity contribution in [3.05, 3.63) is 77.6 Å². The number of hydrogen-bond acceptors (Lipinski definition) is 8. The van der Waals surface area contributed by atoms with Crippen LogP contribution >= 0.6 is 0 Å². The Morgan fingerprint density at radius 3 is 2.46 bits per heavy atom. The van der Waals surface area contributed by atoms with E-state index in [9.17, 15) is 21.4 Å². The molecule has 9 nitrogen and oxygen atoms in total. The standard InChI is InChI=1S/C24H22F2N3O4S2.CO2.Na/c1-16-8-4-7-11-22(16)35(31,32)29-20-10-6-5-9-18(20)28-23(29)34(30)14-19-17(2)21(12-13-27-19)33-15-24(3,25)26;2-1-3;/h4-6,8-13H,14-15H2,1-3H3;;/q-1;;+1. The van der Waals surface area contributed by atoms with E-state index in [-0.39, 0.29) is 62.8 Å². The van der Waals surface area contributed by atoms with E-state index in [0.29, 0.717) is 22.3 Å². The molecule has 0 radical (unpaired) electrons. The second kappa shape index (κ2) is 13.5. The molecular formula is C25H22F2N3NaO6S2. The number of pyridine rings is 1. The van der Waals surface area contributed by atoms with Gasteiger partial charge in [0.05, 0.1) is 33.3 Å². The van der Waals surface area contributed by atoms with Crippen LogP contribution in [0.5, 0.6) is 5.75 Å². The van der Waals surface area contributed by atoms with Crippen LogP contribution in [0.1, 0.15) is 23.7 Å². The average molecular weight is 586 g/mol. The van der Waals surface area contributed by atoms with Crippen molar-refractivity contribution in [2.45, 2.75) is 42.5 Å². The van der Waals surface area contributed by atoms with Crippen LogP contribution in [0.15, 0.2) is 64.8 Å². The molecule has 1 unspecified atom stereocenters. The topological polar surface area (TPSA) is 125 Å². The van der Waals surface area contributed by atoms with Gasteiger partial charge in [-0.3, -0.25) is 9.19 Å². The van der Waals surface area contributed by atoms with Crippen molar-refractivity contribution in [2.24, 2.45) is 0 Å². The van der Waals surface area contributed by atoms with Crippen molar-refractivity contribution < 1.29 is 65.3 Å². The molecule has 2 aromatic heterocycles. The van der Waals surface area contributed by atoms with Gasteiger partial charge in [0.25, 0.3) is 5.92 Å². The zero-order chi connectivity index (χ0) is 28.1. The Morgan fingerprint density at radius 1 is 1.15 bits per heavy atom. The molecule has 0 aliphatic rings. The quantitative estimate of drug-likeness (QED) is 0.220. The molecule has 0 aliphatic heterocycles. The van der Waals surface area contributed by atoms with Gasteiger partial charge in [-0.05, 0) is 30.0 Å². The van der Waals surface area contributed by atoms with Gasteiger partial charge in [0.15, 0.2) is 6.61 Å². The number of ether oxygens (including phenoxy) is 1. The van der Waals surface area contributed by atoms with Crippen LogP contribution in [0.3, 0.4) is 0 Å². The monoisotopic (exact) mass is 585 g/mol. The van der Waals surface area contributed by atoms with Gasteiger partial charge in [0, 0.05) is 18.7 Å². The molecule has 0 bridgehead atoms. The molecule has 0 saturated heterocycles. The summed E-state index contributed by atoms with van der Waals surface area (Å²) in [6, 6.07) is 15.4. The minimum Gasteiger partial charge on any atom is -0.487 e. The van der Waals surface area contributed by atoms with E-state index in [1.165, 1.54) is 18.3 Å². The third-order valence-electron chi connectivity index (χ3n) is 5.25. The fourth-order valence-corrected chi connectivity index (χ4v) is 6.72. The summed E-state index contributed by atoms with van der Waals surface area (Å²) >= 11 is 0. The van der Waals surface area contributed by atoms with E-state index in [1.807, 2.05) is 0 Å². The van der Waals surface area contributed by atoms with Crippen LogP contribution in [-0.4, -0.2) is 45.2 Å². The van der Waals surface area contributed by atoms with Gasteiger partial charge in [0.1, 0.15) is 5.75 Å². The Labute approximate surface area is 248 Å². The fraction of sp³-hybridized carbons (Fsp3) is 0.240. The Morgan fingerprint density at radius 2 is 1.82 bits per heavy atom. The summed E-state index contributed by atoms with van der Waals surface area (Å²) in [6.07, 6.45) is 1.62. The first-order valence-corrected chi connectivity index (χ1v) is 13.7. The second-order valence-electron chi connectivity index (χ2n) is 8.16. The Kier molecular flexibility index (Phi) is 11.2. The number of hydrogen-bond donors (Lipinski definition) is 0. The first kappa shape index (κ1) is 32.4. The van der Waals surface area contributed by atoms with Crippen LogP contribution < -0.4 is 34.3 Å². The summed E-state index contributed by atoms with van der Waals surface area (Å²) in [7, 11) is -6.11. The van der Waals surface area contributed by atoms with Gasteiger partial charge in [-0.1, -0.05) is 19.1 Å². The third kappa shape index (κ3) is 7.65. The number of alkyl halides is 2. The number of aromatic nitrogens is 3. The van der Waals surface area contributed by atoms with Crippen molar-refractivity contribution in [1.82, 2.24) is 13.9 Å². The molecule has 0 spiro atoms. The number of nitrogens with zero attached hydrogens (tertiary/aromatic N) is 3. The molecule has 0 aliphatic carbocycles. The van der Waals surface area contributed by atoms with Gasteiger partial charge in [-0.15, -0.1) is 5.56 Å². The first-order valence-electron chi connectivity index (χ1n) is 10.9. The van der Waals surface area contributed by atoms with E-state index >= 15 is 0 Å². The number of aryl methyl sites for hydroxylation is 1. The number of rotatable bonds is 8. The molecule has 4 rings (SSSR count). The summed E-state index contributed by atoms with van der Waals surface area (Å²) < 4.78 is 73.5. The number of halogens is 2. The van der Waals surface area contributed by atoms with Crippen molar-refractivity contribution in [2.75, 3.05) is 6.61 Å². The van der Waals surface area contributed by atoms with E-state index in [0.717, 1.165) is 10.9 Å². The van der Waals surface area contributed by atoms with E-state index < -0.39 is 33.4 Å². The van der Waals surface area contributed by atoms with Crippen molar-refractivity contribution in [3.8, 4) is 5.75 Å². The maximum atomic E-state index is 13.7. The zero-order valence-corrected chi connectivity index (χ0v) is 25.1. The molecule has 0 N–H and O–H groups in total. The minimum atomic E-state index is -4.16. The summed E-state index contributed by atoms with van der Waals surface area (Å²) in [5.74, 6) is -3.03. The summed E-state index contributed by atoms with van der Waals surface area (Å²) in [4.78, 5) is 24.9. The van der Waals surface area contributed by atoms with Gasteiger partial charge in [-0.25, -0.2) is 26.2 Å². The normalized spacial score (nSPS) is 12.0. The van der Waals surface area contributed by atoms with Crippen molar-refractivity contribution >= 4 is 38.0 Å². The summed E-state index contributed by atoms with van der Waals surface area (Å²) in [5, 5.41) is -0.165. The molecule has 200 valence electrons. The number of carbonyl (C=O) groups excluding carboxylic acids is 2. The van der Waals surface area contributed by atoms with E-state index in [2.05, 4.69) is 16.0 Å². The summed E-state index contributed by atoms with van der Waals surface area (Å²) in [6.45, 7) is 3.21. The number of fused-ring (bicyclic) bond motifs is 1. The molecule has 2 heterocycles. The molecule has 14 heteroatoms. The van der Waals surface area contributed by atoms with Crippen molar-refractivity contribution in [1.29, 1.82) is 0 Å². The Bertz CT molecular complexity index is 1630. The van der Waals surface area contributed by atoms with Crippen LogP contribution in [0.25, 0.3) is 11.0 Å². The van der Waals surface area contributed by atoms with Gasteiger partial charge < -0.3 is 4.74 Å². The minimum absolute atomic E-state index is 0. The van der Waals surface area contributed by atoms with Crippen molar-refractivity contribution in [3.63, 3.8) is 0 Å². The Balaban J connectivity index is 0.00000127. The smallest absolute Gasteiger partial charge is 0.487 e. The third-order valence-corrected chi connectivity index (χ3v) is 8.43. The SMILES string of the molecule is Cc1cc[c-]cc1S(=O)(=O)n1c(S(=O)Cc2nccc(OCC(C)(F)F)c2C)nc2ccccc21.O=C=O.[Na+]. The maximum absolute atomic E-state index is 13.7. The molecule has 0 amide bonds. The number of para-hydroxylation sites is 2. The molecule has 1 atom stereocenters. The largest absolute Gasteiger partial charge is 1.00 e. The fourth-order valence-electron chi connectivity index (χ4n) is 3.48. The predicted octanol–water partition coefficient (Wildman–Crippen LogP) is 0.848. The zero-order valence-electron chi connectivity index (χ0n) is 21.5. The van der Waals surface area contributed by atoms with Crippen LogP contribution in [0.2, 0.25) is 0 Å². The van der Waals surface area contributed by atoms with Gasteiger partial charge in [0.2, 0.25) is 15.2 Å². The van der Waals surface area contributed by atoms with Gasteiger partial charge in [-0.2, -0.15) is 33.9 Å². The molecule has 4 aromatic rings. The van der Waals surface area contributed by atoms with Gasteiger partial charge >= 0.3 is 35.7 Å². The van der Waals surface area contributed by atoms with E-state index in [4.69, 9.17) is 14.3 Å². The van der Waals surface area contributed by atoms with Crippen LogP contribution in [0, 0.1) is 19.9 Å². The van der Waals surface area contributed by atoms with E-state index in [1.54, 1.807) is 50.2 Å². The predicted molar refractivity (Wildman–Crippen MR) is 133 cm³/mol.